The zero-order valence-electron chi connectivity index (χ0n) is 12.5. The second-order valence-electron chi connectivity index (χ2n) is 7.25. The average Bonchev–Trinajstić information content (AvgIpc) is 2.25. The molecule has 1 aliphatic rings. The molecule has 0 fully saturated rings. The van der Waals surface area contributed by atoms with Crippen molar-refractivity contribution in [1.29, 1.82) is 0 Å². The number of rotatable bonds is 0. The fourth-order valence-corrected chi connectivity index (χ4v) is 2.30. The summed E-state index contributed by atoms with van der Waals surface area (Å²) in [5.74, 6) is 0.980. The highest BCUT2D eigenvalue weighted by Gasteiger charge is 2.28. The van der Waals surface area contributed by atoms with Crippen molar-refractivity contribution in [1.82, 2.24) is 15.3 Å². The van der Waals surface area contributed by atoms with E-state index in [9.17, 15) is 0 Å². The predicted molar refractivity (Wildman–Crippen MR) is 74.8 cm³/mol. The van der Waals surface area contributed by atoms with Gasteiger partial charge in [-0.3, -0.25) is 0 Å². The van der Waals surface area contributed by atoms with Gasteiger partial charge < -0.3 is 5.32 Å². The molecule has 0 spiro atoms. The third kappa shape index (κ3) is 2.56. The first-order valence-corrected chi connectivity index (χ1v) is 6.81. The zero-order valence-corrected chi connectivity index (χ0v) is 12.5. The molecule has 3 nitrogen and oxygen atoms in total. The number of hydrogen-bond acceptors (Lipinski definition) is 3. The number of hydrogen-bond donors (Lipinski definition) is 1. The summed E-state index contributed by atoms with van der Waals surface area (Å²) in [6.45, 7) is 15.2. The Balaban J connectivity index is 2.63. The summed E-state index contributed by atoms with van der Waals surface area (Å²) in [6, 6.07) is 0. The molecule has 1 aromatic rings. The minimum absolute atomic E-state index is 0.0138. The molecule has 1 aliphatic heterocycles. The van der Waals surface area contributed by atoms with Crippen LogP contribution in [0, 0.1) is 0 Å². The van der Waals surface area contributed by atoms with Gasteiger partial charge in [-0.15, -0.1) is 0 Å². The molecule has 0 amide bonds. The van der Waals surface area contributed by atoms with E-state index in [-0.39, 0.29) is 10.8 Å². The van der Waals surface area contributed by atoms with Crippen LogP contribution in [-0.4, -0.2) is 16.5 Å². The van der Waals surface area contributed by atoms with Crippen molar-refractivity contribution in [2.75, 3.05) is 6.54 Å². The Morgan fingerprint density at radius 2 is 1.61 bits per heavy atom. The van der Waals surface area contributed by atoms with Crippen molar-refractivity contribution < 1.29 is 0 Å². The standard InChI is InChI=1S/C15H25N3/c1-14(2,3)12-10-9-16-8-7-11(10)17-13(18-12)15(4,5)6/h16H,7-9H2,1-6H3. The second-order valence-corrected chi connectivity index (χ2v) is 7.25. The molecule has 18 heavy (non-hydrogen) atoms. The van der Waals surface area contributed by atoms with Crippen molar-refractivity contribution in [3.63, 3.8) is 0 Å². The molecule has 0 bridgehead atoms. The van der Waals surface area contributed by atoms with Gasteiger partial charge >= 0.3 is 0 Å². The van der Waals surface area contributed by atoms with E-state index >= 15 is 0 Å². The van der Waals surface area contributed by atoms with E-state index in [0.29, 0.717) is 0 Å². The highest BCUT2D eigenvalue weighted by molar-refractivity contribution is 5.33. The fraction of sp³-hybridized carbons (Fsp3) is 0.733. The molecule has 0 aromatic carbocycles. The summed E-state index contributed by atoms with van der Waals surface area (Å²) in [7, 11) is 0. The van der Waals surface area contributed by atoms with Crippen LogP contribution in [0.25, 0.3) is 0 Å². The van der Waals surface area contributed by atoms with Gasteiger partial charge in [0.2, 0.25) is 0 Å². The highest BCUT2D eigenvalue weighted by Crippen LogP contribution is 2.30. The maximum Gasteiger partial charge on any atom is 0.134 e. The smallest absolute Gasteiger partial charge is 0.134 e. The molecule has 1 N–H and O–H groups in total. The first-order valence-electron chi connectivity index (χ1n) is 6.81. The Morgan fingerprint density at radius 1 is 0.944 bits per heavy atom. The molecule has 1 aromatic heterocycles. The van der Waals surface area contributed by atoms with Crippen molar-refractivity contribution in [2.24, 2.45) is 0 Å². The number of nitrogens with zero attached hydrogens (tertiary/aromatic N) is 2. The normalized spacial score (nSPS) is 16.6. The van der Waals surface area contributed by atoms with Crippen LogP contribution in [0.2, 0.25) is 0 Å². The van der Waals surface area contributed by atoms with E-state index in [4.69, 9.17) is 9.97 Å². The largest absolute Gasteiger partial charge is 0.312 e. The Labute approximate surface area is 110 Å². The van der Waals surface area contributed by atoms with E-state index in [1.54, 1.807) is 0 Å². The lowest BCUT2D eigenvalue weighted by atomic mass is 9.85. The van der Waals surface area contributed by atoms with Gasteiger partial charge in [-0.25, -0.2) is 9.97 Å². The van der Waals surface area contributed by atoms with Gasteiger partial charge in [-0.05, 0) is 0 Å². The predicted octanol–water partition coefficient (Wildman–Crippen LogP) is 2.72. The van der Waals surface area contributed by atoms with Crippen molar-refractivity contribution >= 4 is 0 Å². The quantitative estimate of drug-likeness (QED) is 0.766. The summed E-state index contributed by atoms with van der Waals surface area (Å²) in [5.41, 5.74) is 3.87. The van der Waals surface area contributed by atoms with Crippen LogP contribution in [0.3, 0.4) is 0 Å². The third-order valence-corrected chi connectivity index (χ3v) is 3.31. The molecule has 0 atom stereocenters. The van der Waals surface area contributed by atoms with E-state index < -0.39 is 0 Å². The van der Waals surface area contributed by atoms with Gasteiger partial charge in [0, 0.05) is 35.9 Å². The van der Waals surface area contributed by atoms with Crippen LogP contribution in [0.15, 0.2) is 0 Å². The minimum Gasteiger partial charge on any atom is -0.312 e. The van der Waals surface area contributed by atoms with Crippen LogP contribution >= 0.6 is 0 Å². The van der Waals surface area contributed by atoms with Crippen molar-refractivity contribution in [3.8, 4) is 0 Å². The molecule has 3 heteroatoms. The average molecular weight is 247 g/mol. The number of fused-ring (bicyclic) bond motifs is 1. The third-order valence-electron chi connectivity index (χ3n) is 3.31. The zero-order chi connectivity index (χ0) is 13.6. The van der Waals surface area contributed by atoms with E-state index in [2.05, 4.69) is 46.9 Å². The molecule has 0 saturated carbocycles. The molecule has 2 heterocycles. The summed E-state index contributed by atoms with van der Waals surface area (Å²) < 4.78 is 0. The Kier molecular flexibility index (Phi) is 3.22. The molecule has 2 rings (SSSR count). The molecule has 0 aliphatic carbocycles. The van der Waals surface area contributed by atoms with Crippen LogP contribution in [0.5, 0.6) is 0 Å². The summed E-state index contributed by atoms with van der Waals surface area (Å²) in [5, 5.41) is 3.43. The molecular formula is C15H25N3. The van der Waals surface area contributed by atoms with E-state index in [0.717, 1.165) is 25.3 Å². The second kappa shape index (κ2) is 4.30. The van der Waals surface area contributed by atoms with Crippen LogP contribution in [0.1, 0.15) is 64.3 Å². The van der Waals surface area contributed by atoms with Crippen LogP contribution in [-0.2, 0) is 23.8 Å². The lowest BCUT2D eigenvalue weighted by molar-refractivity contribution is 0.488. The maximum absolute atomic E-state index is 4.88. The van der Waals surface area contributed by atoms with Gasteiger partial charge in [0.25, 0.3) is 0 Å². The Morgan fingerprint density at radius 3 is 2.17 bits per heavy atom. The number of aromatic nitrogens is 2. The summed E-state index contributed by atoms with van der Waals surface area (Å²) >= 11 is 0. The van der Waals surface area contributed by atoms with Gasteiger partial charge in [0.1, 0.15) is 5.82 Å². The van der Waals surface area contributed by atoms with E-state index in [1.807, 2.05) is 0 Å². The molecule has 0 radical (unpaired) electrons. The molecule has 0 saturated heterocycles. The minimum atomic E-state index is 0.0138. The molecular weight excluding hydrogens is 222 g/mol. The van der Waals surface area contributed by atoms with Gasteiger partial charge in [-0.1, -0.05) is 41.5 Å². The number of nitrogens with one attached hydrogen (secondary N) is 1. The lowest BCUT2D eigenvalue weighted by Gasteiger charge is -2.29. The summed E-state index contributed by atoms with van der Waals surface area (Å²) in [4.78, 5) is 9.69. The van der Waals surface area contributed by atoms with Gasteiger partial charge in [0.15, 0.2) is 0 Å². The molecule has 100 valence electrons. The van der Waals surface area contributed by atoms with Crippen LogP contribution < -0.4 is 5.32 Å². The fourth-order valence-electron chi connectivity index (χ4n) is 2.30. The lowest BCUT2D eigenvalue weighted by Crippen LogP contribution is -2.32. The first kappa shape index (κ1) is 13.5. The Bertz CT molecular complexity index is 450. The SMILES string of the molecule is CC(C)(C)c1nc2c(c(C(C)(C)C)n1)CNCC2. The van der Waals surface area contributed by atoms with E-state index in [1.165, 1.54) is 17.0 Å². The monoisotopic (exact) mass is 247 g/mol. The van der Waals surface area contributed by atoms with Crippen molar-refractivity contribution in [2.45, 2.75) is 65.3 Å². The first-order chi connectivity index (χ1) is 8.19. The Hall–Kier alpha value is -0.960. The molecule has 0 unspecified atom stereocenters. The van der Waals surface area contributed by atoms with Gasteiger partial charge in [0.05, 0.1) is 11.4 Å². The maximum atomic E-state index is 4.88. The van der Waals surface area contributed by atoms with Crippen molar-refractivity contribution in [3.05, 3.63) is 22.8 Å². The topological polar surface area (TPSA) is 37.8 Å². The van der Waals surface area contributed by atoms with Crippen LogP contribution in [0.4, 0.5) is 0 Å². The van der Waals surface area contributed by atoms with Gasteiger partial charge in [-0.2, -0.15) is 0 Å². The summed E-state index contributed by atoms with van der Waals surface area (Å²) in [6.07, 6.45) is 1.02. The highest BCUT2D eigenvalue weighted by atomic mass is 15.0.